The van der Waals surface area contributed by atoms with Gasteiger partial charge in [0.1, 0.15) is 0 Å². The summed E-state index contributed by atoms with van der Waals surface area (Å²) in [5.74, 6) is 2.94. The molecule has 0 fully saturated rings. The Kier molecular flexibility index (Phi) is 9.55. The molecule has 0 atom stereocenters. The molecule has 6 aromatic rings. The van der Waals surface area contributed by atoms with Gasteiger partial charge in [-0.3, -0.25) is 0 Å². The van der Waals surface area contributed by atoms with Crippen molar-refractivity contribution in [3.8, 4) is 45.7 Å². The Morgan fingerprint density at radius 1 is 0.407 bits per heavy atom. The Balaban J connectivity index is 0.00000450. The van der Waals surface area contributed by atoms with E-state index in [1.165, 1.54) is 50.1 Å². The first kappa shape index (κ1) is 36.8. The van der Waals surface area contributed by atoms with Crippen LogP contribution in [0.25, 0.3) is 79.8 Å². The van der Waals surface area contributed by atoms with Crippen molar-refractivity contribution >= 4 is 46.4 Å². The molecule has 0 radical (unpaired) electrons. The van der Waals surface area contributed by atoms with E-state index in [0.717, 1.165) is 67.0 Å². The first-order chi connectivity index (χ1) is 25.4. The van der Waals surface area contributed by atoms with Gasteiger partial charge in [0.25, 0.3) is 0 Å². The van der Waals surface area contributed by atoms with Crippen LogP contribution in [0.1, 0.15) is 78.4 Å². The monoisotopic (exact) mass is 750 g/mol. The van der Waals surface area contributed by atoms with Crippen molar-refractivity contribution in [3.63, 3.8) is 0 Å². The molecule has 54 heavy (non-hydrogen) atoms. The van der Waals surface area contributed by atoms with Crippen LogP contribution in [0, 0.1) is 74.7 Å². The molecule has 0 amide bonds. The molecule has 0 spiro atoms. The number of aromatic nitrogens is 4. The fourth-order valence-corrected chi connectivity index (χ4v) is 8.73. The summed E-state index contributed by atoms with van der Waals surface area (Å²) in [5.41, 5.74) is 24.3. The summed E-state index contributed by atoms with van der Waals surface area (Å²) in [7, 11) is 0. The van der Waals surface area contributed by atoms with Gasteiger partial charge in [0.15, 0.2) is 0 Å². The van der Waals surface area contributed by atoms with Crippen LogP contribution >= 0.6 is 0 Å². The minimum absolute atomic E-state index is 0. The number of terminal acetylenes is 1. The molecule has 2 aliphatic rings. The topological polar surface area (TPSA) is 54.0 Å². The van der Waals surface area contributed by atoms with Crippen LogP contribution in [0.15, 0.2) is 60.7 Å². The quantitative estimate of drug-likeness (QED) is 0.133. The summed E-state index contributed by atoms with van der Waals surface area (Å²) in [6, 6.07) is 21.8. The fraction of sp³-hybridized carbons (Fsp3) is 0.184. The van der Waals surface area contributed by atoms with E-state index in [2.05, 4.69) is 141 Å². The third kappa shape index (κ3) is 6.19. The summed E-state index contributed by atoms with van der Waals surface area (Å²) in [5, 5.41) is 0. The molecule has 8 bridgehead atoms. The molecule has 0 aliphatic carbocycles. The molecule has 8 rings (SSSR count). The Labute approximate surface area is 331 Å². The average Bonchev–Trinajstić information content (AvgIpc) is 3.91. The molecule has 5 heterocycles. The predicted octanol–water partition coefficient (Wildman–Crippen LogP) is 11.7. The Morgan fingerprint density at radius 2 is 0.685 bits per heavy atom. The number of nitrogens with zero attached hydrogens (tertiary/aromatic N) is 4. The Morgan fingerprint density at radius 3 is 1.02 bits per heavy atom. The number of benzene rings is 3. The summed E-state index contributed by atoms with van der Waals surface area (Å²) < 4.78 is 0. The van der Waals surface area contributed by atoms with E-state index in [-0.39, 0.29) is 19.5 Å². The van der Waals surface area contributed by atoms with Crippen molar-refractivity contribution in [3.05, 3.63) is 139 Å². The SMILES string of the molecule is C#Cc1c2nc(c(-c3c(C)cc(C)cc3C)c3ccc([n-]3)c(-c3c(C)cc(C)cc3C)c3nc(c(-c4c(C)cc(C)cc4C)c4ccc1[n-]4)C=C3)C=C2.[Zn+2]. The Hall–Kier alpha value is -5.56. The normalized spacial score (nSPS) is 11.9. The van der Waals surface area contributed by atoms with E-state index >= 15 is 0 Å². The maximum absolute atomic E-state index is 6.27. The number of hydrogen-bond donors (Lipinski definition) is 0. The van der Waals surface area contributed by atoms with Gasteiger partial charge in [-0.15, -0.1) is 28.5 Å². The van der Waals surface area contributed by atoms with E-state index in [9.17, 15) is 0 Å². The van der Waals surface area contributed by atoms with Crippen LogP contribution in [-0.2, 0) is 19.5 Å². The van der Waals surface area contributed by atoms with Crippen molar-refractivity contribution in [1.29, 1.82) is 0 Å². The Bertz CT molecular complexity index is 2710. The van der Waals surface area contributed by atoms with Gasteiger partial charge in [0.05, 0.1) is 22.8 Å². The molecular formula is C49H42N4Zn. The van der Waals surface area contributed by atoms with Crippen LogP contribution in [0.3, 0.4) is 0 Å². The van der Waals surface area contributed by atoms with E-state index in [4.69, 9.17) is 26.4 Å². The first-order valence-electron chi connectivity index (χ1n) is 18.2. The van der Waals surface area contributed by atoms with E-state index in [1.807, 2.05) is 12.1 Å². The van der Waals surface area contributed by atoms with Gasteiger partial charge >= 0.3 is 19.5 Å². The minimum atomic E-state index is 0. The second-order valence-corrected chi connectivity index (χ2v) is 14.8. The largest absolute Gasteiger partial charge is 2.00 e. The van der Waals surface area contributed by atoms with Crippen LogP contribution in [-0.4, -0.2) is 9.97 Å². The molecule has 4 nitrogen and oxygen atoms in total. The molecule has 3 aromatic heterocycles. The van der Waals surface area contributed by atoms with Crippen molar-refractivity contribution in [1.82, 2.24) is 19.9 Å². The predicted molar refractivity (Wildman–Crippen MR) is 224 cm³/mol. The maximum atomic E-state index is 6.27. The second-order valence-electron chi connectivity index (χ2n) is 14.8. The standard InChI is InChI=1S/C49H42N4.Zn/c1-11-35-36-12-14-38(50-36)47(44-29(5)20-26(2)21-30(44)6)40-16-18-42(52-40)49(46-33(9)24-28(4)25-34(46)10)43-19-17-41(53-43)48(39-15-13-37(35)51-39)45-31(7)22-27(3)23-32(45)8;/h1,12-25H,2-10H3;/q-2;+2. The molecule has 0 unspecified atom stereocenters. The van der Waals surface area contributed by atoms with Gasteiger partial charge in [0.2, 0.25) is 0 Å². The van der Waals surface area contributed by atoms with Gasteiger partial charge in [-0.25, -0.2) is 9.97 Å². The first-order valence-corrected chi connectivity index (χ1v) is 18.2. The molecular weight excluding hydrogens is 710 g/mol. The second kappa shape index (κ2) is 14.0. The maximum Gasteiger partial charge on any atom is 2.00 e. The third-order valence-electron chi connectivity index (χ3n) is 10.5. The van der Waals surface area contributed by atoms with E-state index in [1.54, 1.807) is 0 Å². The van der Waals surface area contributed by atoms with Crippen LogP contribution in [0.2, 0.25) is 0 Å². The van der Waals surface area contributed by atoms with Gasteiger partial charge < -0.3 is 9.97 Å². The van der Waals surface area contributed by atoms with E-state index in [0.29, 0.717) is 16.8 Å². The minimum Gasteiger partial charge on any atom is -0.657 e. The molecule has 260 valence electrons. The van der Waals surface area contributed by atoms with Gasteiger partial charge in [0, 0.05) is 5.56 Å². The molecule has 0 saturated carbocycles. The number of hydrogen-bond acceptors (Lipinski definition) is 2. The summed E-state index contributed by atoms with van der Waals surface area (Å²) >= 11 is 0. The number of fused-ring (bicyclic) bond motifs is 8. The zero-order valence-corrected chi connectivity index (χ0v) is 35.6. The van der Waals surface area contributed by atoms with Crippen molar-refractivity contribution in [2.75, 3.05) is 0 Å². The zero-order valence-electron chi connectivity index (χ0n) is 32.7. The average molecular weight is 752 g/mol. The van der Waals surface area contributed by atoms with Gasteiger partial charge in [-0.1, -0.05) is 83.3 Å². The molecule has 3 aromatic carbocycles. The van der Waals surface area contributed by atoms with Crippen molar-refractivity contribution in [2.45, 2.75) is 62.3 Å². The molecule has 5 heteroatoms. The summed E-state index contributed by atoms with van der Waals surface area (Å²) in [6.07, 6.45) is 14.6. The third-order valence-corrected chi connectivity index (χ3v) is 10.5. The van der Waals surface area contributed by atoms with Crippen LogP contribution in [0.4, 0.5) is 0 Å². The molecule has 0 N–H and O–H groups in total. The zero-order chi connectivity index (χ0) is 37.3. The smallest absolute Gasteiger partial charge is 0.657 e. The van der Waals surface area contributed by atoms with Crippen molar-refractivity contribution in [2.24, 2.45) is 0 Å². The van der Waals surface area contributed by atoms with Gasteiger partial charge in [-0.05, 0) is 153 Å². The number of aryl methyl sites for hydroxylation is 9. The molecule has 0 saturated heterocycles. The van der Waals surface area contributed by atoms with E-state index < -0.39 is 0 Å². The van der Waals surface area contributed by atoms with Crippen molar-refractivity contribution < 1.29 is 19.5 Å². The summed E-state index contributed by atoms with van der Waals surface area (Å²) in [4.78, 5) is 21.4. The fourth-order valence-electron chi connectivity index (χ4n) is 8.73. The van der Waals surface area contributed by atoms with Gasteiger partial charge in [-0.2, -0.15) is 0 Å². The molecule has 2 aliphatic heterocycles. The van der Waals surface area contributed by atoms with Crippen LogP contribution in [0.5, 0.6) is 0 Å². The number of rotatable bonds is 3. The summed E-state index contributed by atoms with van der Waals surface area (Å²) in [6.45, 7) is 19.5. The van der Waals surface area contributed by atoms with Crippen LogP contribution < -0.4 is 9.97 Å².